The van der Waals surface area contributed by atoms with Gasteiger partial charge in [-0.15, -0.1) is 0 Å². The van der Waals surface area contributed by atoms with Crippen molar-refractivity contribution in [2.24, 2.45) is 7.05 Å². The van der Waals surface area contributed by atoms with Crippen molar-refractivity contribution in [2.45, 2.75) is 13.1 Å². The first-order chi connectivity index (χ1) is 14.4. The predicted octanol–water partition coefficient (Wildman–Crippen LogP) is 3.70. The zero-order chi connectivity index (χ0) is 23.1. The summed E-state index contributed by atoms with van der Waals surface area (Å²) >= 11 is 0. The first-order valence-electron chi connectivity index (χ1n) is 8.88. The third kappa shape index (κ3) is 4.13. The Morgan fingerprint density at radius 1 is 1.23 bits per heavy atom. The van der Waals surface area contributed by atoms with Crippen LogP contribution in [0.1, 0.15) is 11.3 Å². The average Bonchev–Trinajstić information content (AvgIpc) is 2.95. The quantitative estimate of drug-likeness (QED) is 0.496. The molecule has 0 spiro atoms. The van der Waals surface area contributed by atoms with Gasteiger partial charge in [0.1, 0.15) is 5.82 Å². The molecule has 0 atom stereocenters. The third-order valence-corrected chi connectivity index (χ3v) is 4.50. The van der Waals surface area contributed by atoms with Gasteiger partial charge in [0.15, 0.2) is 11.5 Å². The average molecular weight is 438 g/mol. The van der Waals surface area contributed by atoms with E-state index in [4.69, 9.17) is 0 Å². The molecule has 0 aliphatic carbocycles. The van der Waals surface area contributed by atoms with Crippen LogP contribution in [-0.4, -0.2) is 41.3 Å². The highest BCUT2D eigenvalue weighted by Gasteiger charge is 2.35. The molecule has 31 heavy (non-hydrogen) atoms. The van der Waals surface area contributed by atoms with Gasteiger partial charge in [-0.2, -0.15) is 18.3 Å². The number of hydrogen-bond donors (Lipinski definition) is 1. The second-order valence-electron chi connectivity index (χ2n) is 6.90. The summed E-state index contributed by atoms with van der Waals surface area (Å²) in [5, 5.41) is 7.39. The first-order valence-corrected chi connectivity index (χ1v) is 8.88. The van der Waals surface area contributed by atoms with Gasteiger partial charge in [0.25, 0.3) is 0 Å². The molecule has 2 heterocycles. The number of halogens is 4. The van der Waals surface area contributed by atoms with Crippen LogP contribution in [0.5, 0.6) is 0 Å². The molecule has 164 valence electrons. The van der Waals surface area contributed by atoms with Crippen LogP contribution < -0.4 is 15.1 Å². The lowest BCUT2D eigenvalue weighted by atomic mass is 10.1. The van der Waals surface area contributed by atoms with Crippen LogP contribution in [0, 0.1) is 12.7 Å². The molecular weight excluding hydrogens is 420 g/mol. The molecule has 12 heteroatoms. The van der Waals surface area contributed by atoms with Crippen LogP contribution in [0.4, 0.5) is 39.5 Å². The SMILES string of the molecule is Cc1nn(C)c2nc(N(C)C)c(NC(=O)N(C=O)c3ccc(F)c(C(F)(F)F)c3)cc12. The highest BCUT2D eigenvalue weighted by atomic mass is 19.4. The number of aryl methyl sites for hydroxylation is 2. The number of benzene rings is 1. The lowest BCUT2D eigenvalue weighted by Gasteiger charge is -2.21. The van der Waals surface area contributed by atoms with E-state index >= 15 is 0 Å². The summed E-state index contributed by atoms with van der Waals surface area (Å²) in [6.45, 7) is 1.75. The molecule has 1 aromatic carbocycles. The van der Waals surface area contributed by atoms with Gasteiger partial charge in [0.05, 0.1) is 22.6 Å². The Hall–Kier alpha value is -3.70. The van der Waals surface area contributed by atoms with E-state index in [1.54, 1.807) is 43.7 Å². The second kappa shape index (κ2) is 7.85. The summed E-state index contributed by atoms with van der Waals surface area (Å²) in [4.78, 5) is 30.7. The minimum atomic E-state index is -4.99. The fourth-order valence-electron chi connectivity index (χ4n) is 3.05. The first kappa shape index (κ1) is 22.0. The minimum absolute atomic E-state index is 0.0410. The smallest absolute Gasteiger partial charge is 0.361 e. The van der Waals surface area contributed by atoms with Crippen LogP contribution in [0.3, 0.4) is 0 Å². The third-order valence-electron chi connectivity index (χ3n) is 4.50. The standard InChI is InChI=1S/C19H18F4N6O2/c1-10-12-8-15(17(27(2)3)25-16(12)28(4)26-10)24-18(31)29(9-30)11-5-6-14(20)13(7-11)19(21,22)23/h5-9H,1-4H3,(H,24,31). The largest absolute Gasteiger partial charge is 0.419 e. The summed E-state index contributed by atoms with van der Waals surface area (Å²) in [5.41, 5.74) is -0.623. The number of nitrogens with one attached hydrogen (secondary N) is 1. The number of fused-ring (bicyclic) bond motifs is 1. The van der Waals surface area contributed by atoms with Gasteiger partial charge in [0, 0.05) is 26.5 Å². The number of carbonyl (C=O) groups is 2. The Morgan fingerprint density at radius 3 is 2.48 bits per heavy atom. The van der Waals surface area contributed by atoms with E-state index in [0.29, 0.717) is 39.6 Å². The molecule has 0 saturated carbocycles. The zero-order valence-electron chi connectivity index (χ0n) is 17.0. The number of rotatable bonds is 4. The van der Waals surface area contributed by atoms with Crippen LogP contribution in [0.25, 0.3) is 11.0 Å². The lowest BCUT2D eigenvalue weighted by Crippen LogP contribution is -2.34. The molecule has 0 aliphatic heterocycles. The van der Waals surface area contributed by atoms with E-state index < -0.39 is 29.3 Å². The van der Waals surface area contributed by atoms with Crippen molar-refractivity contribution < 1.29 is 27.2 Å². The second-order valence-corrected chi connectivity index (χ2v) is 6.90. The van der Waals surface area contributed by atoms with Crippen LogP contribution in [0.2, 0.25) is 0 Å². The predicted molar refractivity (Wildman–Crippen MR) is 107 cm³/mol. The van der Waals surface area contributed by atoms with Crippen molar-refractivity contribution in [3.05, 3.63) is 41.3 Å². The maximum atomic E-state index is 13.6. The Bertz CT molecular complexity index is 1170. The maximum absolute atomic E-state index is 13.6. The fourth-order valence-corrected chi connectivity index (χ4v) is 3.05. The maximum Gasteiger partial charge on any atom is 0.419 e. The molecule has 0 radical (unpaired) electrons. The molecule has 3 rings (SSSR count). The molecule has 0 saturated heterocycles. The summed E-state index contributed by atoms with van der Waals surface area (Å²) in [5.74, 6) is -1.18. The fraction of sp³-hybridized carbons (Fsp3) is 0.263. The van der Waals surface area contributed by atoms with E-state index in [2.05, 4.69) is 15.4 Å². The van der Waals surface area contributed by atoms with Crippen molar-refractivity contribution in [2.75, 3.05) is 29.2 Å². The van der Waals surface area contributed by atoms with Crippen LogP contribution >= 0.6 is 0 Å². The summed E-state index contributed by atoms with van der Waals surface area (Å²) in [7, 11) is 5.07. The highest BCUT2D eigenvalue weighted by Crippen LogP contribution is 2.34. The van der Waals surface area contributed by atoms with Gasteiger partial charge in [-0.05, 0) is 31.2 Å². The van der Waals surface area contributed by atoms with E-state index in [-0.39, 0.29) is 12.1 Å². The molecule has 1 N–H and O–H groups in total. The van der Waals surface area contributed by atoms with E-state index in [0.717, 1.165) is 6.07 Å². The van der Waals surface area contributed by atoms with Gasteiger partial charge in [-0.25, -0.2) is 19.1 Å². The number of imide groups is 1. The summed E-state index contributed by atoms with van der Waals surface area (Å²) in [6.07, 6.45) is -4.95. The van der Waals surface area contributed by atoms with E-state index in [9.17, 15) is 27.2 Å². The monoisotopic (exact) mass is 438 g/mol. The number of aromatic nitrogens is 3. The normalized spacial score (nSPS) is 11.5. The van der Waals surface area contributed by atoms with Crippen molar-refractivity contribution >= 4 is 40.7 Å². The molecule has 0 unspecified atom stereocenters. The van der Waals surface area contributed by atoms with Crippen molar-refractivity contribution in [3.8, 4) is 0 Å². The number of nitrogens with zero attached hydrogens (tertiary/aromatic N) is 5. The zero-order valence-corrected chi connectivity index (χ0v) is 17.0. The van der Waals surface area contributed by atoms with E-state index in [1.165, 1.54) is 0 Å². The van der Waals surface area contributed by atoms with Gasteiger partial charge >= 0.3 is 12.2 Å². The Labute approximate surface area is 174 Å². The number of amides is 3. The van der Waals surface area contributed by atoms with E-state index in [1.807, 2.05) is 0 Å². The van der Waals surface area contributed by atoms with Crippen molar-refractivity contribution in [3.63, 3.8) is 0 Å². The molecule has 8 nitrogen and oxygen atoms in total. The lowest BCUT2D eigenvalue weighted by molar-refractivity contribution is -0.140. The van der Waals surface area contributed by atoms with Gasteiger partial charge in [-0.3, -0.25) is 9.48 Å². The minimum Gasteiger partial charge on any atom is -0.361 e. The number of anilines is 3. The van der Waals surface area contributed by atoms with Gasteiger partial charge in [-0.1, -0.05) is 0 Å². The highest BCUT2D eigenvalue weighted by molar-refractivity contribution is 6.13. The van der Waals surface area contributed by atoms with Crippen molar-refractivity contribution in [1.29, 1.82) is 0 Å². The number of pyridine rings is 1. The number of hydrogen-bond acceptors (Lipinski definition) is 5. The van der Waals surface area contributed by atoms with Crippen LogP contribution in [0.15, 0.2) is 24.3 Å². The molecule has 3 aromatic rings. The molecule has 0 fully saturated rings. The summed E-state index contributed by atoms with van der Waals surface area (Å²) < 4.78 is 54.1. The Morgan fingerprint density at radius 2 is 1.90 bits per heavy atom. The molecule has 0 aliphatic rings. The molecule has 3 amide bonds. The molecular formula is C19H18F4N6O2. The summed E-state index contributed by atoms with van der Waals surface area (Å²) in [6, 6.07) is 2.40. The van der Waals surface area contributed by atoms with Gasteiger partial charge < -0.3 is 10.2 Å². The van der Waals surface area contributed by atoms with Gasteiger partial charge in [0.2, 0.25) is 6.41 Å². The van der Waals surface area contributed by atoms with Crippen molar-refractivity contribution in [1.82, 2.24) is 14.8 Å². The number of alkyl halides is 3. The Kier molecular flexibility index (Phi) is 5.57. The topological polar surface area (TPSA) is 83.4 Å². The Balaban J connectivity index is 2.02. The molecule has 2 aromatic heterocycles. The number of carbonyl (C=O) groups excluding carboxylic acids is 2. The van der Waals surface area contributed by atoms with Crippen LogP contribution in [-0.2, 0) is 18.0 Å². The number of urea groups is 1. The molecule has 0 bridgehead atoms.